The van der Waals surface area contributed by atoms with Gasteiger partial charge in [-0.3, -0.25) is 0 Å². The van der Waals surface area contributed by atoms with Gasteiger partial charge in [0, 0.05) is 31.3 Å². The van der Waals surface area contributed by atoms with Crippen molar-refractivity contribution >= 4 is 0 Å². The maximum Gasteiger partial charge on any atom is 0.228 e. The van der Waals surface area contributed by atoms with Gasteiger partial charge in [-0.25, -0.2) is 4.98 Å². The summed E-state index contributed by atoms with van der Waals surface area (Å²) >= 11 is 0. The second-order valence-corrected chi connectivity index (χ2v) is 6.22. The minimum absolute atomic E-state index is 0.244. The van der Waals surface area contributed by atoms with Gasteiger partial charge in [0.1, 0.15) is 0 Å². The molecule has 3 rings (SSSR count). The summed E-state index contributed by atoms with van der Waals surface area (Å²) < 4.78 is 7.45. The van der Waals surface area contributed by atoms with Gasteiger partial charge < -0.3 is 9.09 Å². The molecule has 1 atom stereocenters. The summed E-state index contributed by atoms with van der Waals surface area (Å²) in [6.45, 7) is 8.50. The van der Waals surface area contributed by atoms with Crippen LogP contribution in [0.3, 0.4) is 0 Å². The zero-order valence-electron chi connectivity index (χ0n) is 14.1. The Hall–Kier alpha value is -2.43. The molecule has 0 amide bonds. The Morgan fingerprint density at radius 3 is 2.57 bits per heavy atom. The van der Waals surface area contributed by atoms with E-state index in [9.17, 15) is 0 Å². The number of aromatic nitrogens is 4. The number of rotatable bonds is 5. The van der Waals surface area contributed by atoms with E-state index in [1.807, 2.05) is 10.8 Å². The summed E-state index contributed by atoms with van der Waals surface area (Å²) in [6.07, 6.45) is 6.94. The van der Waals surface area contributed by atoms with Crippen molar-refractivity contribution in [3.8, 4) is 0 Å². The van der Waals surface area contributed by atoms with E-state index in [1.165, 1.54) is 22.3 Å². The fraction of sp³-hybridized carbons (Fsp3) is 0.389. The molecule has 2 aromatic heterocycles. The van der Waals surface area contributed by atoms with Gasteiger partial charge in [0.2, 0.25) is 5.89 Å². The maximum atomic E-state index is 5.41. The summed E-state index contributed by atoms with van der Waals surface area (Å²) in [5.74, 6) is 1.41. The lowest BCUT2D eigenvalue weighted by atomic mass is 9.97. The molecule has 3 aromatic rings. The quantitative estimate of drug-likeness (QED) is 0.722. The molecule has 0 radical (unpaired) electrons. The molecule has 0 N–H and O–H groups in total. The van der Waals surface area contributed by atoms with Gasteiger partial charge in [0.05, 0.1) is 6.33 Å². The van der Waals surface area contributed by atoms with Crippen LogP contribution in [0.1, 0.15) is 46.9 Å². The summed E-state index contributed by atoms with van der Waals surface area (Å²) in [4.78, 5) is 8.62. The Balaban J connectivity index is 1.73. The van der Waals surface area contributed by atoms with Gasteiger partial charge >= 0.3 is 0 Å². The van der Waals surface area contributed by atoms with Gasteiger partial charge in [0.15, 0.2) is 5.82 Å². The van der Waals surface area contributed by atoms with E-state index >= 15 is 0 Å². The molecule has 23 heavy (non-hydrogen) atoms. The lowest BCUT2D eigenvalue weighted by Crippen LogP contribution is -2.06. The van der Waals surface area contributed by atoms with Gasteiger partial charge in [-0.2, -0.15) is 4.98 Å². The van der Waals surface area contributed by atoms with Crippen molar-refractivity contribution in [3.63, 3.8) is 0 Å². The Morgan fingerprint density at radius 2 is 1.91 bits per heavy atom. The molecule has 5 nitrogen and oxygen atoms in total. The van der Waals surface area contributed by atoms with Gasteiger partial charge in [-0.05, 0) is 44.4 Å². The number of hydrogen-bond donors (Lipinski definition) is 0. The Morgan fingerprint density at radius 1 is 1.17 bits per heavy atom. The van der Waals surface area contributed by atoms with E-state index in [1.54, 1.807) is 12.5 Å². The fourth-order valence-corrected chi connectivity index (χ4v) is 2.98. The number of hydrogen-bond acceptors (Lipinski definition) is 4. The maximum absolute atomic E-state index is 5.41. The number of aryl methyl sites for hydroxylation is 3. The van der Waals surface area contributed by atoms with Crippen LogP contribution in [0.4, 0.5) is 0 Å². The van der Waals surface area contributed by atoms with E-state index in [0.717, 1.165) is 5.82 Å². The van der Waals surface area contributed by atoms with Crippen LogP contribution in [0.5, 0.6) is 0 Å². The van der Waals surface area contributed by atoms with E-state index in [4.69, 9.17) is 4.52 Å². The zero-order chi connectivity index (χ0) is 16.4. The molecule has 5 heteroatoms. The molecule has 0 aliphatic heterocycles. The van der Waals surface area contributed by atoms with Crippen molar-refractivity contribution in [1.82, 2.24) is 19.7 Å². The molecule has 120 valence electrons. The highest BCUT2D eigenvalue weighted by molar-refractivity contribution is 5.38. The minimum atomic E-state index is 0.244. The average molecular weight is 310 g/mol. The standard InChI is InChI=1S/C18H22N4O/c1-12-7-13(2)16(14(3)8-12)10-17-20-18(23-21-17)9-15(4)22-6-5-19-11-22/h5-8,11,15H,9-10H2,1-4H3/t15-/m0/s1. The molecule has 0 spiro atoms. The van der Waals surface area contributed by atoms with Crippen molar-refractivity contribution < 1.29 is 4.52 Å². The Labute approximate surface area is 136 Å². The first-order chi connectivity index (χ1) is 11.0. The summed E-state index contributed by atoms with van der Waals surface area (Å²) in [5, 5.41) is 4.14. The van der Waals surface area contributed by atoms with Crippen LogP contribution in [0.25, 0.3) is 0 Å². The molecule has 0 aliphatic carbocycles. The summed E-state index contributed by atoms with van der Waals surface area (Å²) in [7, 11) is 0. The van der Waals surface area contributed by atoms with Crippen LogP contribution in [0, 0.1) is 20.8 Å². The lowest BCUT2D eigenvalue weighted by Gasteiger charge is -2.09. The molecule has 0 fully saturated rings. The SMILES string of the molecule is Cc1cc(C)c(Cc2noc(C[C@H](C)n3ccnc3)n2)c(C)c1. The molecule has 0 saturated carbocycles. The van der Waals surface area contributed by atoms with Crippen molar-refractivity contribution in [3.05, 3.63) is 64.8 Å². The second kappa shape index (κ2) is 6.36. The van der Waals surface area contributed by atoms with Crippen LogP contribution in [0.15, 0.2) is 35.4 Å². The van der Waals surface area contributed by atoms with E-state index in [2.05, 4.69) is 55.0 Å². The molecular formula is C18H22N4O. The zero-order valence-corrected chi connectivity index (χ0v) is 14.1. The normalized spacial score (nSPS) is 12.5. The number of benzene rings is 1. The van der Waals surface area contributed by atoms with E-state index < -0.39 is 0 Å². The number of imidazole rings is 1. The third-order valence-electron chi connectivity index (χ3n) is 4.19. The lowest BCUT2D eigenvalue weighted by molar-refractivity contribution is 0.353. The highest BCUT2D eigenvalue weighted by Crippen LogP contribution is 2.20. The Bertz CT molecular complexity index is 766. The van der Waals surface area contributed by atoms with Crippen LogP contribution in [0.2, 0.25) is 0 Å². The van der Waals surface area contributed by atoms with Crippen LogP contribution >= 0.6 is 0 Å². The molecule has 2 heterocycles. The predicted octanol–water partition coefficient (Wildman–Crippen LogP) is 3.59. The average Bonchev–Trinajstić information content (AvgIpc) is 3.14. The third kappa shape index (κ3) is 3.50. The van der Waals surface area contributed by atoms with Crippen molar-refractivity contribution in [2.24, 2.45) is 0 Å². The van der Waals surface area contributed by atoms with Gasteiger partial charge in [0.25, 0.3) is 0 Å². The van der Waals surface area contributed by atoms with E-state index in [-0.39, 0.29) is 6.04 Å². The molecule has 0 aliphatic rings. The highest BCUT2D eigenvalue weighted by atomic mass is 16.5. The summed E-state index contributed by atoms with van der Waals surface area (Å²) in [5.41, 5.74) is 5.12. The molecule has 0 saturated heterocycles. The molecule has 0 bridgehead atoms. The van der Waals surface area contributed by atoms with Crippen LogP contribution < -0.4 is 0 Å². The first-order valence-electron chi connectivity index (χ1n) is 7.88. The highest BCUT2D eigenvalue weighted by Gasteiger charge is 2.14. The number of nitrogens with zero attached hydrogens (tertiary/aromatic N) is 4. The van der Waals surface area contributed by atoms with Crippen LogP contribution in [-0.4, -0.2) is 19.7 Å². The smallest absolute Gasteiger partial charge is 0.228 e. The van der Waals surface area contributed by atoms with Crippen molar-refractivity contribution in [2.75, 3.05) is 0 Å². The van der Waals surface area contributed by atoms with Crippen molar-refractivity contribution in [2.45, 2.75) is 46.6 Å². The largest absolute Gasteiger partial charge is 0.339 e. The second-order valence-electron chi connectivity index (χ2n) is 6.22. The Kier molecular flexibility index (Phi) is 4.28. The van der Waals surface area contributed by atoms with E-state index in [0.29, 0.717) is 18.7 Å². The van der Waals surface area contributed by atoms with Crippen molar-refractivity contribution in [1.29, 1.82) is 0 Å². The predicted molar refractivity (Wildman–Crippen MR) is 88.4 cm³/mol. The summed E-state index contributed by atoms with van der Waals surface area (Å²) in [6, 6.07) is 4.64. The fourth-order valence-electron chi connectivity index (χ4n) is 2.98. The van der Waals surface area contributed by atoms with Gasteiger partial charge in [-0.1, -0.05) is 22.9 Å². The van der Waals surface area contributed by atoms with Gasteiger partial charge in [-0.15, -0.1) is 0 Å². The first-order valence-corrected chi connectivity index (χ1v) is 7.88. The third-order valence-corrected chi connectivity index (χ3v) is 4.19. The minimum Gasteiger partial charge on any atom is -0.339 e. The van der Waals surface area contributed by atoms with Crippen LogP contribution in [-0.2, 0) is 12.8 Å². The monoisotopic (exact) mass is 310 g/mol. The topological polar surface area (TPSA) is 56.7 Å². The molecule has 0 unspecified atom stereocenters. The molecular weight excluding hydrogens is 288 g/mol. The molecule has 1 aromatic carbocycles. The first kappa shape index (κ1) is 15.5.